The lowest BCUT2D eigenvalue weighted by Gasteiger charge is -2.08. The highest BCUT2D eigenvalue weighted by Gasteiger charge is 2.28. The van der Waals surface area contributed by atoms with Crippen molar-refractivity contribution >= 4 is 17.7 Å². The number of hydrogen-bond acceptors (Lipinski definition) is 3. The van der Waals surface area contributed by atoms with Gasteiger partial charge in [-0.25, -0.2) is 0 Å². The lowest BCUT2D eigenvalue weighted by atomic mass is 10.0. The summed E-state index contributed by atoms with van der Waals surface area (Å²) < 4.78 is 0. The minimum atomic E-state index is -0.0976. The third-order valence-corrected chi connectivity index (χ3v) is 3.54. The first kappa shape index (κ1) is 10.1. The normalized spacial score (nSPS) is 17.9. The van der Waals surface area contributed by atoms with Crippen LogP contribution in [-0.2, 0) is 4.79 Å². The Morgan fingerprint density at radius 2 is 2.40 bits per heavy atom. The molecule has 0 saturated carbocycles. The Kier molecular flexibility index (Phi) is 2.93. The predicted molar refractivity (Wildman–Crippen MR) is 58.5 cm³/mol. The van der Waals surface area contributed by atoms with Gasteiger partial charge in [0.15, 0.2) is 0 Å². The summed E-state index contributed by atoms with van der Waals surface area (Å²) in [4.78, 5) is 12.9. The van der Waals surface area contributed by atoms with Gasteiger partial charge in [-0.3, -0.25) is 4.79 Å². The molecule has 1 N–H and O–H groups in total. The number of benzene rings is 1. The minimum Gasteiger partial charge on any atom is -0.342 e. The number of nitriles is 1. The predicted octanol–water partition coefficient (Wildman–Crippen LogP) is 1.52. The summed E-state index contributed by atoms with van der Waals surface area (Å²) >= 11 is 1.69. The van der Waals surface area contributed by atoms with Crippen LogP contribution in [-0.4, -0.2) is 18.2 Å². The van der Waals surface area contributed by atoms with Gasteiger partial charge in [-0.05, 0) is 11.6 Å². The Bertz CT molecular complexity index is 425. The van der Waals surface area contributed by atoms with Gasteiger partial charge in [0.2, 0.25) is 5.91 Å². The molecule has 0 aliphatic carbocycles. The molecule has 0 saturated heterocycles. The molecule has 0 aromatic heterocycles. The highest BCUT2D eigenvalue weighted by molar-refractivity contribution is 7.99. The molecule has 1 aliphatic heterocycles. The lowest BCUT2D eigenvalue weighted by Crippen LogP contribution is -2.29. The second-order valence-electron chi connectivity index (χ2n) is 3.28. The van der Waals surface area contributed by atoms with E-state index in [1.165, 1.54) is 4.90 Å². The molecule has 15 heavy (non-hydrogen) atoms. The van der Waals surface area contributed by atoms with E-state index in [0.717, 1.165) is 11.3 Å². The molecule has 1 aromatic carbocycles. The van der Waals surface area contributed by atoms with Gasteiger partial charge in [0.25, 0.3) is 0 Å². The molecule has 0 spiro atoms. The average molecular weight is 218 g/mol. The largest absolute Gasteiger partial charge is 0.342 e. The highest BCUT2D eigenvalue weighted by atomic mass is 32.2. The Hall–Kier alpha value is -1.47. The number of carbonyl (C=O) groups excluding carboxylic acids is 1. The van der Waals surface area contributed by atoms with E-state index in [1.807, 2.05) is 30.3 Å². The van der Waals surface area contributed by atoms with Crippen molar-refractivity contribution in [3.8, 4) is 6.07 Å². The molecule has 1 amide bonds. The Morgan fingerprint density at radius 1 is 1.60 bits per heavy atom. The van der Waals surface area contributed by atoms with Gasteiger partial charge in [0.1, 0.15) is 6.54 Å². The fourth-order valence-corrected chi connectivity index (χ4v) is 2.86. The van der Waals surface area contributed by atoms with E-state index in [1.54, 1.807) is 11.8 Å². The fraction of sp³-hybridized carbons (Fsp3) is 0.273. The van der Waals surface area contributed by atoms with Crippen LogP contribution in [0.15, 0.2) is 29.2 Å². The van der Waals surface area contributed by atoms with Crippen LogP contribution in [0.3, 0.4) is 0 Å². The Morgan fingerprint density at radius 3 is 3.20 bits per heavy atom. The van der Waals surface area contributed by atoms with Crippen molar-refractivity contribution in [3.63, 3.8) is 0 Å². The van der Waals surface area contributed by atoms with E-state index in [0.29, 0.717) is 0 Å². The van der Waals surface area contributed by atoms with E-state index >= 15 is 0 Å². The molecular formula is C11H10N2OS. The topological polar surface area (TPSA) is 52.9 Å². The Labute approximate surface area is 92.5 Å². The second kappa shape index (κ2) is 4.37. The number of rotatable bonds is 2. The van der Waals surface area contributed by atoms with E-state index in [4.69, 9.17) is 5.26 Å². The molecule has 0 fully saturated rings. The van der Waals surface area contributed by atoms with Gasteiger partial charge >= 0.3 is 0 Å². The quantitative estimate of drug-likeness (QED) is 0.766. The summed E-state index contributed by atoms with van der Waals surface area (Å²) in [6.07, 6.45) is 0. The third-order valence-electron chi connectivity index (χ3n) is 2.36. The number of nitrogens with one attached hydrogen (secondary N) is 1. The van der Waals surface area contributed by atoms with Crippen molar-refractivity contribution < 1.29 is 4.79 Å². The summed E-state index contributed by atoms with van der Waals surface area (Å²) in [5.74, 6) is 0.630. The van der Waals surface area contributed by atoms with Crippen LogP contribution in [0.2, 0.25) is 0 Å². The average Bonchev–Trinajstić information content (AvgIpc) is 2.69. The molecular weight excluding hydrogens is 208 g/mol. The van der Waals surface area contributed by atoms with Crippen molar-refractivity contribution in [2.24, 2.45) is 0 Å². The van der Waals surface area contributed by atoms with Crippen molar-refractivity contribution in [1.82, 2.24) is 5.32 Å². The first-order valence-corrected chi connectivity index (χ1v) is 5.68. The number of carbonyl (C=O) groups is 1. The zero-order chi connectivity index (χ0) is 10.7. The zero-order valence-electron chi connectivity index (χ0n) is 8.06. The summed E-state index contributed by atoms with van der Waals surface area (Å²) in [5, 5.41) is 11.0. The van der Waals surface area contributed by atoms with Crippen LogP contribution in [0.4, 0.5) is 0 Å². The van der Waals surface area contributed by atoms with Gasteiger partial charge in [0.05, 0.1) is 12.0 Å². The van der Waals surface area contributed by atoms with E-state index in [9.17, 15) is 4.79 Å². The van der Waals surface area contributed by atoms with Crippen LogP contribution >= 0.6 is 11.8 Å². The van der Waals surface area contributed by atoms with Gasteiger partial charge in [-0.1, -0.05) is 18.2 Å². The van der Waals surface area contributed by atoms with E-state index in [-0.39, 0.29) is 18.4 Å². The molecule has 1 aliphatic rings. The number of hydrogen-bond donors (Lipinski definition) is 1. The van der Waals surface area contributed by atoms with Crippen molar-refractivity contribution in [3.05, 3.63) is 29.8 Å². The van der Waals surface area contributed by atoms with Gasteiger partial charge in [-0.15, -0.1) is 11.8 Å². The highest BCUT2D eigenvalue weighted by Crippen LogP contribution is 2.39. The lowest BCUT2D eigenvalue weighted by molar-refractivity contribution is -0.121. The zero-order valence-corrected chi connectivity index (χ0v) is 8.88. The van der Waals surface area contributed by atoms with E-state index in [2.05, 4.69) is 5.32 Å². The maximum Gasteiger partial charge on any atom is 0.229 e. The first-order valence-electron chi connectivity index (χ1n) is 4.69. The summed E-state index contributed by atoms with van der Waals surface area (Å²) in [5.41, 5.74) is 1.08. The van der Waals surface area contributed by atoms with E-state index < -0.39 is 0 Å². The minimum absolute atomic E-state index is 0.0472. The van der Waals surface area contributed by atoms with Crippen LogP contribution < -0.4 is 5.32 Å². The second-order valence-corrected chi connectivity index (χ2v) is 4.34. The SMILES string of the molecule is N#CCNC(=O)C1CSc2ccccc21. The van der Waals surface area contributed by atoms with Crippen molar-refractivity contribution in [1.29, 1.82) is 5.26 Å². The van der Waals surface area contributed by atoms with Crippen LogP contribution in [0, 0.1) is 11.3 Å². The molecule has 0 radical (unpaired) electrons. The summed E-state index contributed by atoms with van der Waals surface area (Å²) in [6.45, 7) is 0.0855. The summed E-state index contributed by atoms with van der Waals surface area (Å²) in [6, 6.07) is 9.82. The van der Waals surface area contributed by atoms with Gasteiger partial charge in [-0.2, -0.15) is 5.26 Å². The maximum atomic E-state index is 11.7. The molecule has 3 nitrogen and oxygen atoms in total. The Balaban J connectivity index is 2.14. The molecule has 1 heterocycles. The number of nitrogens with zero attached hydrogens (tertiary/aromatic N) is 1. The maximum absolute atomic E-state index is 11.7. The number of fused-ring (bicyclic) bond motifs is 1. The molecule has 0 bridgehead atoms. The molecule has 1 aromatic rings. The number of amides is 1. The number of thioether (sulfide) groups is 1. The van der Waals surface area contributed by atoms with Crippen LogP contribution in [0.25, 0.3) is 0 Å². The van der Waals surface area contributed by atoms with Gasteiger partial charge in [0, 0.05) is 10.6 Å². The molecule has 1 atom stereocenters. The van der Waals surface area contributed by atoms with Crippen molar-refractivity contribution in [2.45, 2.75) is 10.8 Å². The van der Waals surface area contributed by atoms with Crippen LogP contribution in [0.5, 0.6) is 0 Å². The first-order chi connectivity index (χ1) is 7.33. The molecule has 2 rings (SSSR count). The smallest absolute Gasteiger partial charge is 0.229 e. The van der Waals surface area contributed by atoms with Crippen LogP contribution in [0.1, 0.15) is 11.5 Å². The fourth-order valence-electron chi connectivity index (χ4n) is 1.63. The molecule has 76 valence electrons. The standard InChI is InChI=1S/C11H10N2OS/c12-5-6-13-11(14)9-7-15-10-4-2-1-3-8(9)10/h1-4,9H,6-7H2,(H,13,14). The van der Waals surface area contributed by atoms with Gasteiger partial charge < -0.3 is 5.32 Å². The summed E-state index contributed by atoms with van der Waals surface area (Å²) in [7, 11) is 0. The third kappa shape index (κ3) is 1.97. The molecule has 4 heteroatoms. The monoisotopic (exact) mass is 218 g/mol. The molecule has 1 unspecified atom stereocenters. The van der Waals surface area contributed by atoms with Crippen molar-refractivity contribution in [2.75, 3.05) is 12.3 Å².